The molecular formula is C20H31N3O4. The summed E-state index contributed by atoms with van der Waals surface area (Å²) in [6, 6.07) is 5.68. The van der Waals surface area contributed by atoms with Gasteiger partial charge in [0.05, 0.1) is 37.2 Å². The van der Waals surface area contributed by atoms with E-state index in [1.54, 1.807) is 9.80 Å². The lowest BCUT2D eigenvalue weighted by Crippen LogP contribution is -2.52. The number of nitrogens with zero attached hydrogens (tertiary/aromatic N) is 2. The Morgan fingerprint density at radius 2 is 1.96 bits per heavy atom. The van der Waals surface area contributed by atoms with Crippen LogP contribution in [0.5, 0.6) is 0 Å². The molecule has 0 saturated carbocycles. The van der Waals surface area contributed by atoms with Crippen LogP contribution in [0.25, 0.3) is 0 Å². The third-order valence-corrected chi connectivity index (χ3v) is 4.78. The summed E-state index contributed by atoms with van der Waals surface area (Å²) >= 11 is 0. The molecule has 1 aromatic carbocycles. The molecule has 1 aliphatic rings. The van der Waals surface area contributed by atoms with Crippen LogP contribution in [0.15, 0.2) is 18.2 Å². The van der Waals surface area contributed by atoms with Crippen molar-refractivity contribution in [3.05, 3.63) is 23.8 Å². The molecule has 2 rings (SSSR count). The summed E-state index contributed by atoms with van der Waals surface area (Å²) in [4.78, 5) is 28.2. The predicted molar refractivity (Wildman–Crippen MR) is 107 cm³/mol. The summed E-state index contributed by atoms with van der Waals surface area (Å²) in [7, 11) is 3.29. The maximum absolute atomic E-state index is 12.7. The number of anilines is 2. The normalized spacial score (nSPS) is 17.5. The Labute approximate surface area is 161 Å². The number of carbonyl (C=O) groups excluding carboxylic acids is 2. The molecule has 0 bridgehead atoms. The molecule has 1 N–H and O–H groups in total. The number of ether oxygens (including phenoxy) is 2. The lowest BCUT2D eigenvalue weighted by atomic mass is 9.94. The Bertz CT molecular complexity index is 677. The monoisotopic (exact) mass is 377 g/mol. The average molecular weight is 377 g/mol. The molecule has 1 heterocycles. The van der Waals surface area contributed by atoms with Crippen LogP contribution in [0, 0.1) is 0 Å². The maximum atomic E-state index is 12.7. The summed E-state index contributed by atoms with van der Waals surface area (Å²) < 4.78 is 10.4. The van der Waals surface area contributed by atoms with Gasteiger partial charge in [0.25, 0.3) is 0 Å². The molecule has 0 fully saturated rings. The highest BCUT2D eigenvalue weighted by Crippen LogP contribution is 2.39. The maximum Gasteiger partial charge on any atom is 0.414 e. The van der Waals surface area contributed by atoms with Crippen molar-refractivity contribution in [3.63, 3.8) is 0 Å². The van der Waals surface area contributed by atoms with Crippen molar-refractivity contribution in [1.82, 2.24) is 5.32 Å². The number of fused-ring (bicyclic) bond motifs is 1. The number of methoxy groups -OCH3 is 1. The first-order valence-electron chi connectivity index (χ1n) is 9.47. The second-order valence-corrected chi connectivity index (χ2v) is 7.14. The van der Waals surface area contributed by atoms with E-state index in [-0.39, 0.29) is 12.1 Å². The van der Waals surface area contributed by atoms with E-state index in [0.717, 1.165) is 18.5 Å². The van der Waals surface area contributed by atoms with Crippen LogP contribution in [0.2, 0.25) is 0 Å². The van der Waals surface area contributed by atoms with Gasteiger partial charge in [0, 0.05) is 6.54 Å². The van der Waals surface area contributed by atoms with E-state index in [4.69, 9.17) is 9.47 Å². The van der Waals surface area contributed by atoms with E-state index in [9.17, 15) is 9.59 Å². The molecule has 7 heteroatoms. The molecule has 2 amide bonds. The third kappa shape index (κ3) is 4.53. The highest BCUT2D eigenvalue weighted by Gasteiger charge is 2.36. The summed E-state index contributed by atoms with van der Waals surface area (Å²) in [5, 5.41) is 3.21. The number of carbonyl (C=O) groups is 2. The molecule has 7 nitrogen and oxygen atoms in total. The van der Waals surface area contributed by atoms with Crippen molar-refractivity contribution in [3.8, 4) is 0 Å². The fraction of sp³-hybridized carbons (Fsp3) is 0.600. The van der Waals surface area contributed by atoms with Crippen LogP contribution in [0.4, 0.5) is 21.0 Å². The number of benzene rings is 1. The Morgan fingerprint density at radius 1 is 1.26 bits per heavy atom. The van der Waals surface area contributed by atoms with E-state index in [1.165, 1.54) is 7.11 Å². The summed E-state index contributed by atoms with van der Waals surface area (Å²) in [6.45, 7) is 8.85. The minimum atomic E-state index is -0.435. The van der Waals surface area contributed by atoms with Crippen molar-refractivity contribution in [2.75, 3.05) is 37.0 Å². The SMILES string of the molecule is CCC(CNC)c1ccc2c(c1)N(C(=O)OC(C)C)CC(C)N2C(=O)OC. The number of likely N-dealkylation sites (N-methyl/N-ethyl adjacent to an activating group) is 1. The topological polar surface area (TPSA) is 71.1 Å². The van der Waals surface area contributed by atoms with Gasteiger partial charge in [-0.05, 0) is 57.9 Å². The van der Waals surface area contributed by atoms with Crippen molar-refractivity contribution in [2.24, 2.45) is 0 Å². The average Bonchev–Trinajstić information content (AvgIpc) is 2.64. The summed E-state index contributed by atoms with van der Waals surface area (Å²) in [5.41, 5.74) is 2.45. The van der Waals surface area contributed by atoms with Gasteiger partial charge in [0.1, 0.15) is 0 Å². The van der Waals surface area contributed by atoms with E-state index < -0.39 is 12.2 Å². The Morgan fingerprint density at radius 3 is 2.52 bits per heavy atom. The minimum absolute atomic E-state index is 0.217. The molecule has 0 radical (unpaired) electrons. The first-order chi connectivity index (χ1) is 12.8. The highest BCUT2D eigenvalue weighted by molar-refractivity contribution is 6.00. The molecule has 0 aromatic heterocycles. The quantitative estimate of drug-likeness (QED) is 0.847. The molecule has 150 valence electrons. The molecular weight excluding hydrogens is 346 g/mol. The number of hydrogen-bond donors (Lipinski definition) is 1. The van der Waals surface area contributed by atoms with Gasteiger partial charge in [0.2, 0.25) is 0 Å². The van der Waals surface area contributed by atoms with Gasteiger partial charge in [0.15, 0.2) is 0 Å². The standard InChI is InChI=1S/C20H31N3O4/c1-7-15(11-21-5)16-8-9-17-18(10-16)22(19(24)27-13(2)3)12-14(4)23(17)20(25)26-6/h8-10,13-15,21H,7,11-12H2,1-6H3. The first kappa shape index (κ1) is 21.0. The zero-order chi connectivity index (χ0) is 20.1. The van der Waals surface area contributed by atoms with Gasteiger partial charge in [-0.15, -0.1) is 0 Å². The fourth-order valence-corrected chi connectivity index (χ4v) is 3.46. The number of amides is 2. The number of hydrogen-bond acceptors (Lipinski definition) is 5. The van der Waals surface area contributed by atoms with E-state index >= 15 is 0 Å². The third-order valence-electron chi connectivity index (χ3n) is 4.78. The van der Waals surface area contributed by atoms with Crippen LogP contribution in [-0.2, 0) is 9.47 Å². The summed E-state index contributed by atoms with van der Waals surface area (Å²) in [6.07, 6.45) is -0.0875. The largest absolute Gasteiger partial charge is 0.452 e. The molecule has 0 spiro atoms. The number of nitrogens with one attached hydrogen (secondary N) is 1. The van der Waals surface area contributed by atoms with Crippen molar-refractivity contribution in [2.45, 2.75) is 52.2 Å². The predicted octanol–water partition coefficient (Wildman–Crippen LogP) is 3.73. The van der Waals surface area contributed by atoms with Crippen molar-refractivity contribution >= 4 is 23.6 Å². The highest BCUT2D eigenvalue weighted by atomic mass is 16.6. The smallest absolute Gasteiger partial charge is 0.414 e. The molecule has 0 aliphatic carbocycles. The van der Waals surface area contributed by atoms with Crippen LogP contribution < -0.4 is 15.1 Å². The Balaban J connectivity index is 2.52. The van der Waals surface area contributed by atoms with Gasteiger partial charge in [-0.3, -0.25) is 9.80 Å². The van der Waals surface area contributed by atoms with Crippen molar-refractivity contribution < 1.29 is 19.1 Å². The van der Waals surface area contributed by atoms with Gasteiger partial charge in [-0.2, -0.15) is 0 Å². The molecule has 2 unspecified atom stereocenters. The fourth-order valence-electron chi connectivity index (χ4n) is 3.46. The molecule has 1 aliphatic heterocycles. The second kappa shape index (κ2) is 9.08. The minimum Gasteiger partial charge on any atom is -0.452 e. The van der Waals surface area contributed by atoms with Crippen LogP contribution in [0.1, 0.15) is 45.6 Å². The van der Waals surface area contributed by atoms with Gasteiger partial charge >= 0.3 is 12.2 Å². The van der Waals surface area contributed by atoms with Gasteiger partial charge in [-0.25, -0.2) is 9.59 Å². The summed E-state index contributed by atoms with van der Waals surface area (Å²) in [5.74, 6) is 0.314. The zero-order valence-corrected chi connectivity index (χ0v) is 17.1. The lowest BCUT2D eigenvalue weighted by molar-refractivity contribution is 0.121. The molecule has 0 saturated heterocycles. The van der Waals surface area contributed by atoms with Gasteiger partial charge < -0.3 is 14.8 Å². The Hall–Kier alpha value is -2.28. The van der Waals surface area contributed by atoms with Crippen LogP contribution in [-0.4, -0.2) is 51.6 Å². The lowest BCUT2D eigenvalue weighted by Gasteiger charge is -2.40. The van der Waals surface area contributed by atoms with Crippen LogP contribution in [0.3, 0.4) is 0 Å². The van der Waals surface area contributed by atoms with Gasteiger partial charge in [-0.1, -0.05) is 13.0 Å². The molecule has 1 aromatic rings. The van der Waals surface area contributed by atoms with Crippen LogP contribution >= 0.6 is 0 Å². The molecule has 27 heavy (non-hydrogen) atoms. The second-order valence-electron chi connectivity index (χ2n) is 7.14. The Kier molecular flexibility index (Phi) is 7.07. The van der Waals surface area contributed by atoms with E-state index in [0.29, 0.717) is 23.8 Å². The first-order valence-corrected chi connectivity index (χ1v) is 9.47. The number of rotatable bonds is 5. The van der Waals surface area contributed by atoms with E-state index in [2.05, 4.69) is 12.2 Å². The zero-order valence-electron chi connectivity index (χ0n) is 17.1. The van der Waals surface area contributed by atoms with E-state index in [1.807, 2.05) is 46.0 Å². The molecule has 2 atom stereocenters. The van der Waals surface area contributed by atoms with Crippen molar-refractivity contribution in [1.29, 1.82) is 0 Å².